The molecule has 2 heterocycles. The molecular weight excluding hydrogens is 435 g/mol. The molecule has 0 saturated heterocycles. The van der Waals surface area contributed by atoms with Crippen LogP contribution in [-0.4, -0.2) is 42.3 Å². The van der Waals surface area contributed by atoms with Gasteiger partial charge in [-0.05, 0) is 36.4 Å². The number of aromatic carboxylic acids is 1. The molecule has 4 aromatic rings. The molecule has 0 atom stereocenters. The van der Waals surface area contributed by atoms with Crippen LogP contribution in [0.5, 0.6) is 5.75 Å². The number of rotatable bonds is 5. The van der Waals surface area contributed by atoms with Crippen LogP contribution in [0.4, 0.5) is 18.9 Å². The topological polar surface area (TPSA) is 133 Å². The van der Waals surface area contributed by atoms with Crippen molar-refractivity contribution in [3.05, 3.63) is 70.5 Å². The Balaban J connectivity index is 1.93. The molecule has 0 amide bonds. The van der Waals surface area contributed by atoms with E-state index in [1.165, 1.54) is 42.6 Å². The molecule has 4 rings (SSSR count). The average Bonchev–Trinajstić information content (AvgIpc) is 3.17. The number of carbonyl (C=O) groups is 1. The number of aromatic nitrogens is 4. The fourth-order valence-corrected chi connectivity index (χ4v) is 3.09. The van der Waals surface area contributed by atoms with E-state index in [1.54, 1.807) is 0 Å². The lowest BCUT2D eigenvalue weighted by atomic mass is 10.1. The van der Waals surface area contributed by atoms with Gasteiger partial charge in [-0.25, -0.2) is 9.48 Å². The Labute approximate surface area is 175 Å². The van der Waals surface area contributed by atoms with E-state index in [0.29, 0.717) is 5.52 Å². The second kappa shape index (κ2) is 7.61. The summed E-state index contributed by atoms with van der Waals surface area (Å²) < 4.78 is 43.0. The molecule has 32 heavy (non-hydrogen) atoms. The molecule has 0 unspecified atom stereocenters. The maximum Gasteiger partial charge on any atom is 0.573 e. The van der Waals surface area contributed by atoms with Gasteiger partial charge in [-0.3, -0.25) is 15.1 Å². The summed E-state index contributed by atoms with van der Waals surface area (Å²) in [5, 5.41) is 28.2. The van der Waals surface area contributed by atoms with Gasteiger partial charge in [0.15, 0.2) is 5.69 Å². The zero-order valence-corrected chi connectivity index (χ0v) is 15.6. The summed E-state index contributed by atoms with van der Waals surface area (Å²) in [6.07, 6.45) is -3.55. The first-order valence-electron chi connectivity index (χ1n) is 8.73. The zero-order chi connectivity index (χ0) is 23.0. The van der Waals surface area contributed by atoms with Crippen molar-refractivity contribution in [1.82, 2.24) is 20.0 Å². The van der Waals surface area contributed by atoms with Gasteiger partial charge in [0.1, 0.15) is 11.4 Å². The molecule has 0 aliphatic carbocycles. The molecule has 0 bridgehead atoms. The number of ether oxygens (including phenoxy) is 1. The first-order valence-corrected chi connectivity index (χ1v) is 8.73. The Hall–Kier alpha value is -4.55. The van der Waals surface area contributed by atoms with Gasteiger partial charge in [0.25, 0.3) is 5.69 Å². The van der Waals surface area contributed by atoms with Crippen LogP contribution >= 0.6 is 0 Å². The third-order valence-corrected chi connectivity index (χ3v) is 4.38. The van der Waals surface area contributed by atoms with Gasteiger partial charge in [0.2, 0.25) is 0 Å². The number of non-ortho nitro benzene ring substituents is 1. The number of pyridine rings is 1. The second-order valence-corrected chi connectivity index (χ2v) is 6.36. The number of nitro benzene ring substituents is 1. The maximum atomic E-state index is 12.7. The van der Waals surface area contributed by atoms with Crippen LogP contribution in [0.1, 0.15) is 10.5 Å². The smallest absolute Gasteiger partial charge is 0.476 e. The van der Waals surface area contributed by atoms with Gasteiger partial charge in [0, 0.05) is 29.3 Å². The average molecular weight is 445 g/mol. The number of nitrogens with zero attached hydrogens (tertiary/aromatic N) is 5. The Morgan fingerprint density at radius 1 is 1.12 bits per heavy atom. The third kappa shape index (κ3) is 3.90. The largest absolute Gasteiger partial charge is 0.573 e. The molecule has 0 fully saturated rings. The number of carboxylic acid groups (broad SMARTS) is 1. The van der Waals surface area contributed by atoms with Crippen molar-refractivity contribution >= 4 is 22.6 Å². The van der Waals surface area contributed by atoms with Crippen molar-refractivity contribution in [2.24, 2.45) is 0 Å². The number of alkyl halides is 3. The van der Waals surface area contributed by atoms with Crippen LogP contribution in [0, 0.1) is 10.1 Å². The third-order valence-electron chi connectivity index (χ3n) is 4.38. The van der Waals surface area contributed by atoms with Crippen molar-refractivity contribution in [1.29, 1.82) is 0 Å². The van der Waals surface area contributed by atoms with Gasteiger partial charge in [-0.15, -0.1) is 18.3 Å². The number of hydrogen-bond donors (Lipinski definition) is 1. The van der Waals surface area contributed by atoms with Gasteiger partial charge in [-0.1, -0.05) is 5.21 Å². The molecule has 0 spiro atoms. The molecule has 2 aromatic carbocycles. The number of nitro groups is 1. The number of fused-ring (bicyclic) bond motifs is 1. The van der Waals surface area contributed by atoms with E-state index in [0.717, 1.165) is 16.8 Å². The standard InChI is InChI=1S/C19H10F3N5O5/c20-19(21,22)32-12-5-6-14-13(9-12)15(7-8-23-14)26-17(16(18(28)29)24-25-26)10-1-3-11(4-2-10)27(30)31/h1-9H,(H,28,29). The lowest BCUT2D eigenvalue weighted by molar-refractivity contribution is -0.384. The van der Waals surface area contributed by atoms with Crippen molar-refractivity contribution in [2.45, 2.75) is 6.36 Å². The number of carboxylic acids is 1. The minimum atomic E-state index is -4.91. The number of hydrogen-bond acceptors (Lipinski definition) is 7. The van der Waals surface area contributed by atoms with E-state index in [-0.39, 0.29) is 28.0 Å². The molecule has 1 N–H and O–H groups in total. The minimum Gasteiger partial charge on any atom is -0.476 e. The highest BCUT2D eigenvalue weighted by Gasteiger charge is 2.31. The lowest BCUT2D eigenvalue weighted by Gasteiger charge is -2.12. The quantitative estimate of drug-likeness (QED) is 0.360. The van der Waals surface area contributed by atoms with Gasteiger partial charge in [-0.2, -0.15) is 0 Å². The van der Waals surface area contributed by atoms with Crippen LogP contribution in [0.25, 0.3) is 27.8 Å². The van der Waals surface area contributed by atoms with E-state index in [2.05, 4.69) is 20.0 Å². The predicted octanol–water partition coefficient (Wildman–Crippen LogP) is 3.99. The molecule has 0 aliphatic heterocycles. The van der Waals surface area contributed by atoms with Crippen LogP contribution < -0.4 is 4.74 Å². The summed E-state index contributed by atoms with van der Waals surface area (Å²) in [7, 11) is 0. The highest BCUT2D eigenvalue weighted by molar-refractivity contribution is 5.95. The fraction of sp³-hybridized carbons (Fsp3) is 0.0526. The highest BCUT2D eigenvalue weighted by atomic mass is 19.4. The van der Waals surface area contributed by atoms with Crippen LogP contribution in [0.3, 0.4) is 0 Å². The fourth-order valence-electron chi connectivity index (χ4n) is 3.09. The summed E-state index contributed by atoms with van der Waals surface area (Å²) in [6.45, 7) is 0. The van der Waals surface area contributed by atoms with Gasteiger partial charge >= 0.3 is 12.3 Å². The van der Waals surface area contributed by atoms with Crippen LogP contribution in [-0.2, 0) is 0 Å². The molecule has 2 aromatic heterocycles. The summed E-state index contributed by atoms with van der Waals surface area (Å²) >= 11 is 0. The van der Waals surface area contributed by atoms with Crippen LogP contribution in [0.15, 0.2) is 54.7 Å². The second-order valence-electron chi connectivity index (χ2n) is 6.36. The van der Waals surface area contributed by atoms with E-state index in [1.807, 2.05) is 0 Å². The Morgan fingerprint density at radius 2 is 1.84 bits per heavy atom. The van der Waals surface area contributed by atoms with E-state index < -0.39 is 28.7 Å². The number of halogens is 3. The summed E-state index contributed by atoms with van der Waals surface area (Å²) in [5.74, 6) is -1.92. The first kappa shape index (κ1) is 20.7. The SMILES string of the molecule is O=C(O)c1nnn(-c2ccnc3ccc(OC(F)(F)F)cc23)c1-c1ccc([N+](=O)[O-])cc1. The van der Waals surface area contributed by atoms with Gasteiger partial charge < -0.3 is 9.84 Å². The minimum absolute atomic E-state index is 0.0259. The van der Waals surface area contributed by atoms with Crippen molar-refractivity contribution in [3.63, 3.8) is 0 Å². The van der Waals surface area contributed by atoms with Crippen molar-refractivity contribution in [3.8, 4) is 22.7 Å². The zero-order valence-electron chi connectivity index (χ0n) is 15.6. The van der Waals surface area contributed by atoms with E-state index in [9.17, 15) is 33.2 Å². The Bertz CT molecular complexity index is 1350. The molecule has 162 valence electrons. The molecule has 0 radical (unpaired) electrons. The Kier molecular flexibility index (Phi) is 4.92. The molecule has 10 nitrogen and oxygen atoms in total. The Morgan fingerprint density at radius 3 is 2.47 bits per heavy atom. The summed E-state index contributed by atoms with van der Waals surface area (Å²) in [6, 6.07) is 9.90. The monoisotopic (exact) mass is 445 g/mol. The predicted molar refractivity (Wildman–Crippen MR) is 102 cm³/mol. The maximum absolute atomic E-state index is 12.7. The molecule has 0 saturated carbocycles. The first-order chi connectivity index (χ1) is 15.1. The normalized spacial score (nSPS) is 11.5. The van der Waals surface area contributed by atoms with E-state index in [4.69, 9.17) is 0 Å². The van der Waals surface area contributed by atoms with Crippen LogP contribution in [0.2, 0.25) is 0 Å². The van der Waals surface area contributed by atoms with E-state index >= 15 is 0 Å². The van der Waals surface area contributed by atoms with Gasteiger partial charge in [0.05, 0.1) is 16.1 Å². The van der Waals surface area contributed by atoms with Crippen molar-refractivity contribution in [2.75, 3.05) is 0 Å². The van der Waals surface area contributed by atoms with Crippen molar-refractivity contribution < 1.29 is 32.7 Å². The number of benzene rings is 2. The molecule has 0 aliphatic rings. The molecule has 13 heteroatoms. The lowest BCUT2D eigenvalue weighted by Crippen LogP contribution is -2.17. The highest BCUT2D eigenvalue weighted by Crippen LogP contribution is 2.32. The summed E-state index contributed by atoms with van der Waals surface area (Å²) in [5.41, 5.74) is 0.0159. The molecular formula is C19H10F3N5O5. The summed E-state index contributed by atoms with van der Waals surface area (Å²) in [4.78, 5) is 26.1.